The highest BCUT2D eigenvalue weighted by molar-refractivity contribution is 7.99. The third-order valence-electron chi connectivity index (χ3n) is 2.35. The van der Waals surface area contributed by atoms with E-state index in [9.17, 15) is 4.79 Å². The highest BCUT2D eigenvalue weighted by Gasteiger charge is 2.06. The number of hydrogen-bond acceptors (Lipinski definition) is 3. The van der Waals surface area contributed by atoms with E-state index in [4.69, 9.17) is 5.11 Å². The van der Waals surface area contributed by atoms with Crippen molar-refractivity contribution in [2.45, 2.75) is 30.0 Å². The van der Waals surface area contributed by atoms with E-state index in [0.29, 0.717) is 5.25 Å². The summed E-state index contributed by atoms with van der Waals surface area (Å²) in [6, 6.07) is 8.12. The second kappa shape index (κ2) is 7.24. The Labute approximate surface area is 112 Å². The van der Waals surface area contributed by atoms with Crippen molar-refractivity contribution in [3.05, 3.63) is 42.0 Å². The first-order valence-electron chi connectivity index (χ1n) is 5.88. The van der Waals surface area contributed by atoms with Crippen molar-refractivity contribution in [2.24, 2.45) is 0 Å². The monoisotopic (exact) mass is 265 g/mol. The van der Waals surface area contributed by atoms with Crippen molar-refractivity contribution in [1.29, 1.82) is 0 Å². The predicted octanol–water partition coefficient (Wildman–Crippen LogP) is 3.09. The van der Waals surface area contributed by atoms with Gasteiger partial charge in [0, 0.05) is 16.2 Å². The largest absolute Gasteiger partial charge is 0.478 e. The Balaban J connectivity index is 2.78. The van der Waals surface area contributed by atoms with Gasteiger partial charge in [0.1, 0.15) is 0 Å². The summed E-state index contributed by atoms with van der Waals surface area (Å²) in [4.78, 5) is 11.7. The third kappa shape index (κ3) is 4.94. The molecule has 4 heteroatoms. The first kappa shape index (κ1) is 14.8. The Morgan fingerprint density at radius 3 is 2.39 bits per heavy atom. The maximum Gasteiger partial charge on any atom is 0.328 e. The first-order chi connectivity index (χ1) is 8.52. The molecule has 1 atom stereocenters. The van der Waals surface area contributed by atoms with Crippen molar-refractivity contribution >= 4 is 17.7 Å². The molecule has 1 aromatic rings. The van der Waals surface area contributed by atoms with Crippen LogP contribution in [0.2, 0.25) is 0 Å². The molecule has 0 saturated heterocycles. The van der Waals surface area contributed by atoms with Crippen LogP contribution in [-0.2, 0) is 4.79 Å². The number of likely N-dealkylation sites (N-methyl/N-ethyl adjacent to an activating group) is 1. The Hall–Kier alpha value is -1.26. The average molecular weight is 265 g/mol. The second-order valence-electron chi connectivity index (χ2n) is 4.20. The molecular weight excluding hydrogens is 246 g/mol. The molecule has 0 aliphatic carbocycles. The lowest BCUT2D eigenvalue weighted by Crippen LogP contribution is -2.14. The topological polar surface area (TPSA) is 49.3 Å². The smallest absolute Gasteiger partial charge is 0.328 e. The fourth-order valence-electron chi connectivity index (χ4n) is 1.58. The molecule has 0 heterocycles. The lowest BCUT2D eigenvalue weighted by Gasteiger charge is -2.13. The molecule has 0 aliphatic rings. The number of thioether (sulfide) groups is 1. The van der Waals surface area contributed by atoms with Crippen LogP contribution in [0, 0.1) is 0 Å². The van der Waals surface area contributed by atoms with Crippen molar-refractivity contribution in [3.63, 3.8) is 0 Å². The minimum atomic E-state index is -0.928. The maximum absolute atomic E-state index is 10.5. The Morgan fingerprint density at radius 2 is 1.94 bits per heavy atom. The van der Waals surface area contributed by atoms with Gasteiger partial charge in [0.2, 0.25) is 0 Å². The summed E-state index contributed by atoms with van der Waals surface area (Å²) >= 11 is 1.81. The van der Waals surface area contributed by atoms with Crippen LogP contribution in [0.1, 0.15) is 25.5 Å². The van der Waals surface area contributed by atoms with Gasteiger partial charge in [0.25, 0.3) is 0 Å². The van der Waals surface area contributed by atoms with Crippen molar-refractivity contribution in [1.82, 2.24) is 5.32 Å². The molecule has 0 amide bonds. The first-order valence-corrected chi connectivity index (χ1v) is 6.76. The van der Waals surface area contributed by atoms with Crippen LogP contribution >= 0.6 is 11.8 Å². The van der Waals surface area contributed by atoms with Crippen LogP contribution in [0.25, 0.3) is 0 Å². The Kier molecular flexibility index (Phi) is 5.95. The van der Waals surface area contributed by atoms with Gasteiger partial charge in [-0.2, -0.15) is 0 Å². The SMILES string of the molecule is CNC(/C=C/C(=O)O)c1ccc(SC(C)C)cc1. The van der Waals surface area contributed by atoms with E-state index in [1.165, 1.54) is 4.90 Å². The molecule has 2 N–H and O–H groups in total. The fraction of sp³-hybridized carbons (Fsp3) is 0.357. The molecule has 0 aromatic heterocycles. The van der Waals surface area contributed by atoms with Gasteiger partial charge in [-0.3, -0.25) is 0 Å². The summed E-state index contributed by atoms with van der Waals surface area (Å²) in [6.07, 6.45) is 2.81. The quantitative estimate of drug-likeness (QED) is 0.613. The number of carboxylic acid groups (broad SMARTS) is 1. The molecule has 0 aliphatic heterocycles. The zero-order chi connectivity index (χ0) is 13.5. The number of aliphatic carboxylic acids is 1. The highest BCUT2D eigenvalue weighted by atomic mass is 32.2. The van der Waals surface area contributed by atoms with Gasteiger partial charge < -0.3 is 10.4 Å². The normalized spacial score (nSPS) is 13.1. The van der Waals surface area contributed by atoms with Gasteiger partial charge in [0.05, 0.1) is 6.04 Å². The van der Waals surface area contributed by atoms with E-state index in [1.54, 1.807) is 6.08 Å². The molecule has 18 heavy (non-hydrogen) atoms. The van der Waals surface area contributed by atoms with E-state index >= 15 is 0 Å². The second-order valence-corrected chi connectivity index (χ2v) is 5.85. The summed E-state index contributed by atoms with van der Waals surface area (Å²) in [5, 5.41) is 12.3. The molecule has 1 aromatic carbocycles. The van der Waals surface area contributed by atoms with Crippen LogP contribution < -0.4 is 5.32 Å². The fourth-order valence-corrected chi connectivity index (χ4v) is 2.42. The number of benzene rings is 1. The summed E-state index contributed by atoms with van der Waals surface area (Å²) in [5.74, 6) is -0.928. The van der Waals surface area contributed by atoms with Crippen LogP contribution in [0.3, 0.4) is 0 Å². The molecule has 1 unspecified atom stereocenters. The van der Waals surface area contributed by atoms with E-state index in [1.807, 2.05) is 30.9 Å². The predicted molar refractivity (Wildman–Crippen MR) is 76.0 cm³/mol. The lowest BCUT2D eigenvalue weighted by molar-refractivity contribution is -0.131. The number of carbonyl (C=O) groups is 1. The van der Waals surface area contributed by atoms with E-state index in [-0.39, 0.29) is 6.04 Å². The number of nitrogens with one attached hydrogen (secondary N) is 1. The Morgan fingerprint density at radius 1 is 1.33 bits per heavy atom. The summed E-state index contributed by atoms with van der Waals surface area (Å²) in [5.41, 5.74) is 1.06. The minimum absolute atomic E-state index is 0.0702. The zero-order valence-corrected chi connectivity index (χ0v) is 11.7. The van der Waals surface area contributed by atoms with Crippen molar-refractivity contribution in [3.8, 4) is 0 Å². The highest BCUT2D eigenvalue weighted by Crippen LogP contribution is 2.24. The third-order valence-corrected chi connectivity index (χ3v) is 3.37. The van der Waals surface area contributed by atoms with E-state index < -0.39 is 5.97 Å². The standard InChI is InChI=1S/C14H19NO2S/c1-10(2)18-12-6-4-11(5-7-12)13(15-3)8-9-14(16)17/h4-10,13,15H,1-3H3,(H,16,17)/b9-8+. The molecule has 0 spiro atoms. The number of rotatable bonds is 6. The van der Waals surface area contributed by atoms with Crippen molar-refractivity contribution < 1.29 is 9.90 Å². The van der Waals surface area contributed by atoms with Gasteiger partial charge in [-0.1, -0.05) is 32.1 Å². The number of carboxylic acids is 1. The molecule has 1 rings (SSSR count). The molecule has 0 radical (unpaired) electrons. The molecule has 0 bridgehead atoms. The van der Waals surface area contributed by atoms with Gasteiger partial charge >= 0.3 is 5.97 Å². The molecule has 0 fully saturated rings. The molecular formula is C14H19NO2S. The van der Waals surface area contributed by atoms with Crippen LogP contribution in [0.5, 0.6) is 0 Å². The van der Waals surface area contributed by atoms with Gasteiger partial charge in [0.15, 0.2) is 0 Å². The lowest BCUT2D eigenvalue weighted by atomic mass is 10.1. The average Bonchev–Trinajstić information content (AvgIpc) is 2.31. The van der Waals surface area contributed by atoms with Crippen LogP contribution in [-0.4, -0.2) is 23.4 Å². The maximum atomic E-state index is 10.5. The van der Waals surface area contributed by atoms with E-state index in [2.05, 4.69) is 31.3 Å². The molecule has 98 valence electrons. The van der Waals surface area contributed by atoms with Gasteiger partial charge in [-0.15, -0.1) is 11.8 Å². The zero-order valence-electron chi connectivity index (χ0n) is 10.9. The summed E-state index contributed by atoms with van der Waals surface area (Å²) in [7, 11) is 1.81. The van der Waals surface area contributed by atoms with Crippen LogP contribution in [0.4, 0.5) is 0 Å². The van der Waals surface area contributed by atoms with Crippen LogP contribution in [0.15, 0.2) is 41.3 Å². The minimum Gasteiger partial charge on any atom is -0.478 e. The van der Waals surface area contributed by atoms with Gasteiger partial charge in [-0.25, -0.2) is 4.79 Å². The van der Waals surface area contributed by atoms with Gasteiger partial charge in [-0.05, 0) is 24.7 Å². The molecule has 3 nitrogen and oxygen atoms in total. The molecule has 0 saturated carbocycles. The Bertz CT molecular complexity index is 412. The number of hydrogen-bond donors (Lipinski definition) is 2. The summed E-state index contributed by atoms with van der Waals surface area (Å²) < 4.78 is 0. The van der Waals surface area contributed by atoms with Crippen molar-refractivity contribution in [2.75, 3.05) is 7.05 Å². The summed E-state index contributed by atoms with van der Waals surface area (Å²) in [6.45, 7) is 4.31. The van der Waals surface area contributed by atoms with E-state index in [0.717, 1.165) is 11.6 Å².